The number of rotatable bonds is 3. The van der Waals surface area contributed by atoms with Gasteiger partial charge in [0.1, 0.15) is 0 Å². The van der Waals surface area contributed by atoms with Gasteiger partial charge in [-0.3, -0.25) is 0 Å². The third-order valence-corrected chi connectivity index (χ3v) is 6.16. The molecule has 3 unspecified atom stereocenters. The second kappa shape index (κ2) is 5.85. The molecule has 3 heteroatoms. The van der Waals surface area contributed by atoms with Crippen LogP contribution in [-0.2, 0) is 0 Å². The first kappa shape index (κ1) is 13.6. The van der Waals surface area contributed by atoms with Crippen LogP contribution in [0.15, 0.2) is 9.85 Å². The summed E-state index contributed by atoms with van der Waals surface area (Å²) in [7, 11) is 2.10. The van der Waals surface area contributed by atoms with Gasteiger partial charge in [0.2, 0.25) is 0 Å². The highest BCUT2D eigenvalue weighted by molar-refractivity contribution is 9.11. The maximum absolute atomic E-state index is 3.64. The van der Waals surface area contributed by atoms with Crippen molar-refractivity contribution in [3.05, 3.63) is 20.3 Å². The summed E-state index contributed by atoms with van der Waals surface area (Å²) < 4.78 is 1.29. The van der Waals surface area contributed by atoms with Gasteiger partial charge in [-0.05, 0) is 66.2 Å². The monoisotopic (exact) mass is 315 g/mol. The zero-order valence-corrected chi connectivity index (χ0v) is 13.3. The zero-order chi connectivity index (χ0) is 12.4. The van der Waals surface area contributed by atoms with Gasteiger partial charge in [-0.15, -0.1) is 11.3 Å². The Morgan fingerprint density at radius 2 is 2.24 bits per heavy atom. The SMILES string of the molecule is CNC(c1cc(C)c(Br)s1)C1CCCC(C)C1. The van der Waals surface area contributed by atoms with E-state index in [4.69, 9.17) is 0 Å². The highest BCUT2D eigenvalue weighted by atomic mass is 79.9. The molecular weight excluding hydrogens is 294 g/mol. The Bertz CT molecular complexity index is 355. The topological polar surface area (TPSA) is 12.0 Å². The fourth-order valence-corrected chi connectivity index (χ4v) is 4.81. The number of thiophene rings is 1. The third kappa shape index (κ3) is 3.12. The van der Waals surface area contributed by atoms with Gasteiger partial charge in [0, 0.05) is 10.9 Å². The molecule has 17 heavy (non-hydrogen) atoms. The number of hydrogen-bond donors (Lipinski definition) is 1. The van der Waals surface area contributed by atoms with Gasteiger partial charge >= 0.3 is 0 Å². The van der Waals surface area contributed by atoms with E-state index >= 15 is 0 Å². The Morgan fingerprint density at radius 3 is 2.76 bits per heavy atom. The molecule has 0 aromatic carbocycles. The van der Waals surface area contributed by atoms with E-state index in [1.54, 1.807) is 0 Å². The number of nitrogens with one attached hydrogen (secondary N) is 1. The van der Waals surface area contributed by atoms with Gasteiger partial charge in [-0.25, -0.2) is 0 Å². The van der Waals surface area contributed by atoms with Crippen molar-refractivity contribution in [2.75, 3.05) is 7.05 Å². The van der Waals surface area contributed by atoms with Crippen molar-refractivity contribution in [2.45, 2.75) is 45.6 Å². The largest absolute Gasteiger partial charge is 0.312 e. The van der Waals surface area contributed by atoms with Crippen LogP contribution in [0.2, 0.25) is 0 Å². The lowest BCUT2D eigenvalue weighted by Gasteiger charge is -2.32. The quantitative estimate of drug-likeness (QED) is 0.836. The Balaban J connectivity index is 2.15. The predicted octanol–water partition coefficient (Wildman–Crippen LogP) is 4.91. The number of halogens is 1. The normalized spacial score (nSPS) is 27.1. The average Bonchev–Trinajstić information content (AvgIpc) is 2.60. The van der Waals surface area contributed by atoms with E-state index in [9.17, 15) is 0 Å². The van der Waals surface area contributed by atoms with Crippen molar-refractivity contribution >= 4 is 27.3 Å². The van der Waals surface area contributed by atoms with Crippen LogP contribution in [0.3, 0.4) is 0 Å². The molecule has 1 aliphatic rings. The minimum Gasteiger partial charge on any atom is -0.312 e. The molecule has 1 aliphatic carbocycles. The molecule has 2 rings (SSSR count). The van der Waals surface area contributed by atoms with E-state index in [2.05, 4.69) is 48.2 Å². The Labute approximate surface area is 117 Å². The fraction of sp³-hybridized carbons (Fsp3) is 0.714. The minimum absolute atomic E-state index is 0.549. The average molecular weight is 316 g/mol. The van der Waals surface area contributed by atoms with Crippen LogP contribution in [0.25, 0.3) is 0 Å². The van der Waals surface area contributed by atoms with E-state index in [0.29, 0.717) is 6.04 Å². The lowest BCUT2D eigenvalue weighted by atomic mass is 9.78. The summed E-state index contributed by atoms with van der Waals surface area (Å²) in [6, 6.07) is 2.89. The van der Waals surface area contributed by atoms with Crippen molar-refractivity contribution < 1.29 is 0 Å². The fourth-order valence-electron chi connectivity index (χ4n) is 3.03. The molecule has 0 amide bonds. The highest BCUT2D eigenvalue weighted by Crippen LogP contribution is 2.40. The van der Waals surface area contributed by atoms with Crippen molar-refractivity contribution in [1.82, 2.24) is 5.32 Å². The summed E-state index contributed by atoms with van der Waals surface area (Å²) >= 11 is 5.54. The van der Waals surface area contributed by atoms with Gasteiger partial charge in [0.25, 0.3) is 0 Å². The standard InChI is InChI=1S/C14H22BrNS/c1-9-5-4-6-11(7-9)13(16-3)12-8-10(2)14(15)17-12/h8-9,11,13,16H,4-7H2,1-3H3. The lowest BCUT2D eigenvalue weighted by molar-refractivity contribution is 0.232. The molecule has 0 bridgehead atoms. The molecule has 3 atom stereocenters. The van der Waals surface area contributed by atoms with Gasteiger partial charge in [-0.1, -0.05) is 19.8 Å². The zero-order valence-electron chi connectivity index (χ0n) is 10.9. The van der Waals surface area contributed by atoms with Gasteiger partial charge in [0.05, 0.1) is 3.79 Å². The van der Waals surface area contributed by atoms with Crippen LogP contribution in [0.1, 0.15) is 49.1 Å². The lowest BCUT2D eigenvalue weighted by Crippen LogP contribution is -2.28. The molecule has 1 aromatic rings. The number of aryl methyl sites for hydroxylation is 1. The van der Waals surface area contributed by atoms with Crippen molar-refractivity contribution in [3.8, 4) is 0 Å². The summed E-state index contributed by atoms with van der Waals surface area (Å²) in [5.41, 5.74) is 1.37. The van der Waals surface area contributed by atoms with Crippen LogP contribution >= 0.6 is 27.3 Å². The molecule has 1 nitrogen and oxygen atoms in total. The molecule has 0 saturated heterocycles. The molecule has 1 saturated carbocycles. The van der Waals surface area contributed by atoms with E-state index in [-0.39, 0.29) is 0 Å². The second-order valence-electron chi connectivity index (χ2n) is 5.40. The molecule has 1 N–H and O–H groups in total. The van der Waals surface area contributed by atoms with Crippen LogP contribution in [0.5, 0.6) is 0 Å². The Morgan fingerprint density at radius 1 is 1.47 bits per heavy atom. The van der Waals surface area contributed by atoms with Crippen LogP contribution in [0.4, 0.5) is 0 Å². The number of hydrogen-bond acceptors (Lipinski definition) is 2. The summed E-state index contributed by atoms with van der Waals surface area (Å²) in [4.78, 5) is 1.50. The third-order valence-electron chi connectivity index (χ3n) is 3.94. The van der Waals surface area contributed by atoms with Crippen LogP contribution < -0.4 is 5.32 Å². The van der Waals surface area contributed by atoms with Crippen LogP contribution in [0, 0.1) is 18.8 Å². The molecule has 96 valence electrons. The van der Waals surface area contributed by atoms with Gasteiger partial charge < -0.3 is 5.32 Å². The summed E-state index contributed by atoms with van der Waals surface area (Å²) in [6.45, 7) is 4.58. The summed E-state index contributed by atoms with van der Waals surface area (Å²) in [6.07, 6.45) is 5.57. The molecule has 1 fully saturated rings. The first-order valence-corrected chi connectivity index (χ1v) is 8.16. The van der Waals surface area contributed by atoms with Crippen molar-refractivity contribution in [2.24, 2.45) is 11.8 Å². The molecule has 1 heterocycles. The van der Waals surface area contributed by atoms with Crippen molar-refractivity contribution in [3.63, 3.8) is 0 Å². The Hall–Kier alpha value is 0.140. The molecule has 1 aromatic heterocycles. The molecule has 0 radical (unpaired) electrons. The molecule has 0 aliphatic heterocycles. The molecule has 0 spiro atoms. The van der Waals surface area contributed by atoms with E-state index < -0.39 is 0 Å². The van der Waals surface area contributed by atoms with E-state index in [0.717, 1.165) is 11.8 Å². The first-order valence-electron chi connectivity index (χ1n) is 6.55. The van der Waals surface area contributed by atoms with Gasteiger partial charge in [0.15, 0.2) is 0 Å². The molecular formula is C14H22BrNS. The predicted molar refractivity (Wildman–Crippen MR) is 79.7 cm³/mol. The highest BCUT2D eigenvalue weighted by Gasteiger charge is 2.28. The summed E-state index contributed by atoms with van der Waals surface area (Å²) in [5, 5.41) is 3.54. The minimum atomic E-state index is 0.549. The summed E-state index contributed by atoms with van der Waals surface area (Å²) in [5.74, 6) is 1.71. The maximum Gasteiger partial charge on any atom is 0.0731 e. The second-order valence-corrected chi connectivity index (χ2v) is 7.81. The van der Waals surface area contributed by atoms with Crippen molar-refractivity contribution in [1.29, 1.82) is 0 Å². The maximum atomic E-state index is 3.64. The van der Waals surface area contributed by atoms with E-state index in [1.807, 2.05) is 11.3 Å². The smallest absolute Gasteiger partial charge is 0.0731 e. The van der Waals surface area contributed by atoms with E-state index in [1.165, 1.54) is 39.9 Å². The Kier molecular flexibility index (Phi) is 4.67. The van der Waals surface area contributed by atoms with Crippen LogP contribution in [-0.4, -0.2) is 7.05 Å². The van der Waals surface area contributed by atoms with Gasteiger partial charge in [-0.2, -0.15) is 0 Å². The first-order chi connectivity index (χ1) is 8.11.